The molecular weight excluding hydrogens is 390 g/mol. The van der Waals surface area contributed by atoms with Crippen molar-refractivity contribution < 1.29 is 9.53 Å². The molecule has 5 heteroatoms. The fourth-order valence-corrected chi connectivity index (χ4v) is 3.27. The number of ether oxygens (including phenoxy) is 1. The second-order valence-corrected chi connectivity index (χ2v) is 7.38. The Bertz CT molecular complexity index is 736. The molecular formula is C19H21BrClNO2. The Morgan fingerprint density at radius 3 is 2.54 bits per heavy atom. The van der Waals surface area contributed by atoms with Gasteiger partial charge in [0.2, 0.25) is 0 Å². The standard InChI is InChI=1S/C19H21BrClNO2/c1-11(2)14-5-6-17(15(20)9-14)24-10-18(23)22-19-13(4)7-12(3)8-16(19)21/h5-9,11H,10H2,1-4H3,(H,22,23). The third-order valence-electron chi connectivity index (χ3n) is 3.68. The molecule has 0 radical (unpaired) electrons. The Balaban J connectivity index is 2.02. The average molecular weight is 411 g/mol. The molecule has 0 unspecified atom stereocenters. The molecule has 0 aliphatic carbocycles. The summed E-state index contributed by atoms with van der Waals surface area (Å²) in [6, 6.07) is 9.69. The molecule has 2 aromatic carbocycles. The van der Waals surface area contributed by atoms with Crippen LogP contribution in [0.3, 0.4) is 0 Å². The number of aryl methyl sites for hydroxylation is 2. The van der Waals surface area contributed by atoms with Crippen LogP contribution < -0.4 is 10.1 Å². The van der Waals surface area contributed by atoms with Crippen LogP contribution in [0.25, 0.3) is 0 Å². The van der Waals surface area contributed by atoms with Gasteiger partial charge in [0, 0.05) is 0 Å². The molecule has 0 aliphatic heterocycles. The first-order valence-electron chi connectivity index (χ1n) is 7.76. The van der Waals surface area contributed by atoms with E-state index in [0.29, 0.717) is 22.4 Å². The van der Waals surface area contributed by atoms with E-state index in [9.17, 15) is 4.79 Å². The van der Waals surface area contributed by atoms with Crippen LogP contribution in [0, 0.1) is 13.8 Å². The van der Waals surface area contributed by atoms with E-state index in [2.05, 4.69) is 35.1 Å². The lowest BCUT2D eigenvalue weighted by Crippen LogP contribution is -2.21. The molecule has 2 aromatic rings. The van der Waals surface area contributed by atoms with Gasteiger partial charge in [-0.1, -0.05) is 37.6 Å². The summed E-state index contributed by atoms with van der Waals surface area (Å²) in [7, 11) is 0. The first-order valence-corrected chi connectivity index (χ1v) is 8.94. The number of halogens is 2. The van der Waals surface area contributed by atoms with Gasteiger partial charge < -0.3 is 10.1 Å². The van der Waals surface area contributed by atoms with Gasteiger partial charge in [-0.15, -0.1) is 0 Å². The summed E-state index contributed by atoms with van der Waals surface area (Å²) in [6.45, 7) is 8.05. The van der Waals surface area contributed by atoms with Crippen molar-refractivity contribution in [2.75, 3.05) is 11.9 Å². The largest absolute Gasteiger partial charge is 0.483 e. The lowest BCUT2D eigenvalue weighted by Gasteiger charge is -2.13. The van der Waals surface area contributed by atoms with Gasteiger partial charge in [-0.3, -0.25) is 4.79 Å². The molecule has 0 atom stereocenters. The number of carbonyl (C=O) groups excluding carboxylic acids is 1. The number of nitrogens with one attached hydrogen (secondary N) is 1. The number of rotatable bonds is 5. The van der Waals surface area contributed by atoms with Gasteiger partial charge in [-0.05, 0) is 70.6 Å². The van der Waals surface area contributed by atoms with Gasteiger partial charge in [0.1, 0.15) is 5.75 Å². The third kappa shape index (κ3) is 4.74. The van der Waals surface area contributed by atoms with Gasteiger partial charge in [-0.25, -0.2) is 0 Å². The summed E-state index contributed by atoms with van der Waals surface area (Å²) in [6.07, 6.45) is 0. The predicted molar refractivity (Wildman–Crippen MR) is 103 cm³/mol. The van der Waals surface area contributed by atoms with Crippen molar-refractivity contribution in [3.05, 3.63) is 56.5 Å². The highest BCUT2D eigenvalue weighted by atomic mass is 79.9. The van der Waals surface area contributed by atoms with Gasteiger partial charge in [-0.2, -0.15) is 0 Å². The summed E-state index contributed by atoms with van der Waals surface area (Å²) in [4.78, 5) is 12.2. The maximum Gasteiger partial charge on any atom is 0.262 e. The second kappa shape index (κ2) is 8.04. The van der Waals surface area contributed by atoms with Crippen molar-refractivity contribution in [2.45, 2.75) is 33.6 Å². The molecule has 2 rings (SSSR count). The van der Waals surface area contributed by atoms with Crippen LogP contribution in [-0.2, 0) is 4.79 Å². The van der Waals surface area contributed by atoms with Crippen LogP contribution in [-0.4, -0.2) is 12.5 Å². The first-order chi connectivity index (χ1) is 11.3. The van der Waals surface area contributed by atoms with Crippen LogP contribution >= 0.6 is 27.5 Å². The van der Waals surface area contributed by atoms with Crippen LogP contribution in [0.1, 0.15) is 36.5 Å². The minimum Gasteiger partial charge on any atom is -0.483 e. The summed E-state index contributed by atoms with van der Waals surface area (Å²) < 4.78 is 6.45. The highest BCUT2D eigenvalue weighted by Crippen LogP contribution is 2.29. The Morgan fingerprint density at radius 1 is 1.25 bits per heavy atom. The second-order valence-electron chi connectivity index (χ2n) is 6.12. The third-order valence-corrected chi connectivity index (χ3v) is 4.60. The number of hydrogen-bond acceptors (Lipinski definition) is 2. The normalized spacial score (nSPS) is 10.8. The number of hydrogen-bond donors (Lipinski definition) is 1. The van der Waals surface area contributed by atoms with Crippen LogP contribution in [0.2, 0.25) is 5.02 Å². The van der Waals surface area contributed by atoms with Gasteiger partial charge >= 0.3 is 0 Å². The van der Waals surface area contributed by atoms with E-state index in [-0.39, 0.29) is 12.5 Å². The molecule has 0 fully saturated rings. The summed E-state index contributed by atoms with van der Waals surface area (Å²) in [5.74, 6) is 0.829. The Labute approximate surface area is 156 Å². The molecule has 0 spiro atoms. The molecule has 1 N–H and O–H groups in total. The highest BCUT2D eigenvalue weighted by molar-refractivity contribution is 9.10. The smallest absolute Gasteiger partial charge is 0.262 e. The Kier molecular flexibility index (Phi) is 6.30. The summed E-state index contributed by atoms with van der Waals surface area (Å²) >= 11 is 9.69. The molecule has 0 heterocycles. The van der Waals surface area contributed by atoms with Crippen molar-refractivity contribution in [3.63, 3.8) is 0 Å². The van der Waals surface area contributed by atoms with E-state index >= 15 is 0 Å². The van der Waals surface area contributed by atoms with Gasteiger partial charge in [0.05, 0.1) is 15.2 Å². The zero-order valence-electron chi connectivity index (χ0n) is 14.2. The average Bonchev–Trinajstić information content (AvgIpc) is 2.49. The first kappa shape index (κ1) is 18.8. The lowest BCUT2D eigenvalue weighted by molar-refractivity contribution is -0.118. The zero-order chi connectivity index (χ0) is 17.9. The van der Waals surface area contributed by atoms with E-state index in [1.807, 2.05) is 44.2 Å². The van der Waals surface area contributed by atoms with Gasteiger partial charge in [0.15, 0.2) is 6.61 Å². The zero-order valence-corrected chi connectivity index (χ0v) is 16.6. The van der Waals surface area contributed by atoms with Crippen LogP contribution in [0.5, 0.6) is 5.75 Å². The van der Waals surface area contributed by atoms with E-state index in [0.717, 1.165) is 15.6 Å². The monoisotopic (exact) mass is 409 g/mol. The van der Waals surface area contributed by atoms with Crippen molar-refractivity contribution in [1.29, 1.82) is 0 Å². The van der Waals surface area contributed by atoms with E-state index in [1.165, 1.54) is 5.56 Å². The fraction of sp³-hybridized carbons (Fsp3) is 0.316. The fourth-order valence-electron chi connectivity index (χ4n) is 2.39. The quantitative estimate of drug-likeness (QED) is 0.670. The molecule has 0 saturated heterocycles. The Hall–Kier alpha value is -1.52. The highest BCUT2D eigenvalue weighted by Gasteiger charge is 2.11. The molecule has 0 aliphatic rings. The number of amides is 1. The van der Waals surface area contributed by atoms with E-state index < -0.39 is 0 Å². The molecule has 0 aromatic heterocycles. The van der Waals surface area contributed by atoms with Gasteiger partial charge in [0.25, 0.3) is 5.91 Å². The summed E-state index contributed by atoms with van der Waals surface area (Å²) in [5, 5.41) is 3.34. The summed E-state index contributed by atoms with van der Waals surface area (Å²) in [5.41, 5.74) is 3.82. The number of carbonyl (C=O) groups is 1. The minimum atomic E-state index is -0.247. The molecule has 0 bridgehead atoms. The topological polar surface area (TPSA) is 38.3 Å². The lowest BCUT2D eigenvalue weighted by atomic mass is 10.0. The van der Waals surface area contributed by atoms with Crippen LogP contribution in [0.4, 0.5) is 5.69 Å². The molecule has 3 nitrogen and oxygen atoms in total. The number of anilines is 1. The van der Waals surface area contributed by atoms with Crippen molar-refractivity contribution in [2.24, 2.45) is 0 Å². The SMILES string of the molecule is Cc1cc(C)c(NC(=O)COc2ccc(C(C)C)cc2Br)c(Cl)c1. The number of benzene rings is 2. The van der Waals surface area contributed by atoms with Crippen molar-refractivity contribution in [3.8, 4) is 5.75 Å². The Morgan fingerprint density at radius 2 is 1.96 bits per heavy atom. The van der Waals surface area contributed by atoms with Crippen molar-refractivity contribution >= 4 is 39.1 Å². The van der Waals surface area contributed by atoms with Crippen LogP contribution in [0.15, 0.2) is 34.8 Å². The van der Waals surface area contributed by atoms with E-state index in [1.54, 1.807) is 0 Å². The van der Waals surface area contributed by atoms with E-state index in [4.69, 9.17) is 16.3 Å². The maximum atomic E-state index is 12.2. The van der Waals surface area contributed by atoms with Crippen molar-refractivity contribution in [1.82, 2.24) is 0 Å². The molecule has 0 saturated carbocycles. The predicted octanol–water partition coefficient (Wildman–Crippen LogP) is 5.86. The molecule has 1 amide bonds. The molecule has 128 valence electrons. The minimum absolute atomic E-state index is 0.0801. The maximum absolute atomic E-state index is 12.2. The molecule has 24 heavy (non-hydrogen) atoms.